The second kappa shape index (κ2) is 9.75. The molecule has 3 heterocycles. The van der Waals surface area contributed by atoms with Crippen LogP contribution in [0.15, 0.2) is 51.6 Å². The van der Waals surface area contributed by atoms with Crippen LogP contribution in [0.3, 0.4) is 0 Å². The number of carbonyl (C=O) groups is 2. The molecule has 0 saturated carbocycles. The van der Waals surface area contributed by atoms with Gasteiger partial charge < -0.3 is 14.5 Å². The number of piperidine rings is 1. The molecule has 3 aliphatic rings. The molecule has 1 fully saturated rings. The second-order valence-corrected chi connectivity index (χ2v) is 10.3. The minimum absolute atomic E-state index is 0.135. The first-order chi connectivity index (χ1) is 15.7. The van der Waals surface area contributed by atoms with Crippen LogP contribution < -0.4 is 0 Å². The Morgan fingerprint density at radius 1 is 1.21 bits per heavy atom. The van der Waals surface area contributed by atoms with Gasteiger partial charge in [-0.2, -0.15) is 0 Å². The fraction of sp³-hybridized carbons (Fsp3) is 0.500. The van der Waals surface area contributed by atoms with Gasteiger partial charge in [0.1, 0.15) is 0 Å². The molecule has 0 aromatic heterocycles. The van der Waals surface area contributed by atoms with E-state index < -0.39 is 0 Å². The van der Waals surface area contributed by atoms with Crippen molar-refractivity contribution in [2.24, 2.45) is 10.9 Å². The highest BCUT2D eigenvalue weighted by Crippen LogP contribution is 2.45. The van der Waals surface area contributed by atoms with Gasteiger partial charge >= 0.3 is 5.97 Å². The first-order valence-corrected chi connectivity index (χ1v) is 12.6. The molecule has 1 atom stereocenters. The highest BCUT2D eigenvalue weighted by atomic mass is 32.2. The molecule has 1 aromatic carbocycles. The molecule has 0 N–H and O–H groups in total. The zero-order valence-corrected chi connectivity index (χ0v) is 20.9. The number of thioether (sulfide) groups is 1. The lowest BCUT2D eigenvalue weighted by Crippen LogP contribution is -2.41. The molecule has 1 aromatic rings. The van der Waals surface area contributed by atoms with E-state index in [0.29, 0.717) is 23.6 Å². The molecule has 0 unspecified atom stereocenters. The van der Waals surface area contributed by atoms with Crippen molar-refractivity contribution in [3.05, 3.63) is 57.8 Å². The van der Waals surface area contributed by atoms with Gasteiger partial charge in [0.2, 0.25) is 5.91 Å². The van der Waals surface area contributed by atoms with Crippen molar-refractivity contribution in [1.82, 2.24) is 9.80 Å². The molecule has 0 bridgehead atoms. The molecular formula is C26H33N3O3S. The quantitative estimate of drug-likeness (QED) is 0.559. The number of aliphatic imine (C=N–C) groups is 1. The van der Waals surface area contributed by atoms with E-state index in [2.05, 4.69) is 17.9 Å². The van der Waals surface area contributed by atoms with Crippen LogP contribution in [0, 0.1) is 12.8 Å². The molecule has 176 valence electrons. The van der Waals surface area contributed by atoms with Gasteiger partial charge in [0, 0.05) is 18.8 Å². The number of fused-ring (bicyclic) bond motifs is 1. The number of hydrogen-bond donors (Lipinski definition) is 0. The molecule has 0 aliphatic carbocycles. The van der Waals surface area contributed by atoms with E-state index in [-0.39, 0.29) is 24.0 Å². The molecular weight excluding hydrogens is 434 g/mol. The fourth-order valence-corrected chi connectivity index (χ4v) is 5.55. The molecule has 0 spiro atoms. The number of nitrogens with zero attached hydrogens (tertiary/aromatic N) is 3. The smallest absolute Gasteiger partial charge is 0.338 e. The van der Waals surface area contributed by atoms with E-state index in [0.717, 1.165) is 47.9 Å². The third kappa shape index (κ3) is 5.03. The van der Waals surface area contributed by atoms with Crippen molar-refractivity contribution >= 4 is 28.8 Å². The zero-order valence-electron chi connectivity index (χ0n) is 20.1. The minimum atomic E-state index is -0.376. The number of carbonyl (C=O) groups excluding carboxylic acids is 2. The summed E-state index contributed by atoms with van der Waals surface area (Å²) >= 11 is 1.51. The predicted octanol–water partition coefficient (Wildman–Crippen LogP) is 5.17. The highest BCUT2D eigenvalue weighted by Gasteiger charge is 2.41. The van der Waals surface area contributed by atoms with Crippen molar-refractivity contribution < 1.29 is 14.3 Å². The Hall–Kier alpha value is -2.54. The summed E-state index contributed by atoms with van der Waals surface area (Å²) < 4.78 is 5.62. The predicted molar refractivity (Wildman–Crippen MR) is 132 cm³/mol. The first kappa shape index (κ1) is 23.6. The molecule has 33 heavy (non-hydrogen) atoms. The number of benzene rings is 1. The third-order valence-electron chi connectivity index (χ3n) is 6.39. The maximum absolute atomic E-state index is 13.2. The van der Waals surface area contributed by atoms with Crippen LogP contribution in [0.2, 0.25) is 0 Å². The number of esters is 1. The second-order valence-electron chi connectivity index (χ2n) is 9.50. The van der Waals surface area contributed by atoms with Gasteiger partial charge in [0.05, 0.1) is 29.8 Å². The van der Waals surface area contributed by atoms with Gasteiger partial charge in [0.15, 0.2) is 5.17 Å². The lowest BCUT2D eigenvalue weighted by atomic mass is 9.92. The van der Waals surface area contributed by atoms with E-state index in [1.165, 1.54) is 11.8 Å². The van der Waals surface area contributed by atoms with Crippen LogP contribution in [0.1, 0.15) is 64.1 Å². The number of ether oxygens (including phenoxy) is 1. The monoisotopic (exact) mass is 467 g/mol. The van der Waals surface area contributed by atoms with Crippen LogP contribution in [0.4, 0.5) is 0 Å². The number of hydrogen-bond acceptors (Lipinski definition) is 6. The number of amides is 1. The summed E-state index contributed by atoms with van der Waals surface area (Å²) in [5, 5.41) is 2.81. The van der Waals surface area contributed by atoms with Gasteiger partial charge in [0.25, 0.3) is 0 Å². The molecule has 4 rings (SSSR count). The summed E-state index contributed by atoms with van der Waals surface area (Å²) in [6.45, 7) is 11.5. The lowest BCUT2D eigenvalue weighted by molar-refractivity contribution is -0.143. The summed E-state index contributed by atoms with van der Waals surface area (Å²) in [6, 6.07) is 7.80. The van der Waals surface area contributed by atoms with Crippen LogP contribution >= 0.6 is 11.8 Å². The van der Waals surface area contributed by atoms with Gasteiger partial charge in [-0.1, -0.05) is 48.5 Å². The van der Waals surface area contributed by atoms with E-state index in [9.17, 15) is 9.59 Å². The molecule has 1 amide bonds. The number of allylic oxidation sites excluding steroid dienone is 1. The van der Waals surface area contributed by atoms with Crippen LogP contribution in [0.5, 0.6) is 0 Å². The Morgan fingerprint density at radius 3 is 2.61 bits per heavy atom. The lowest BCUT2D eigenvalue weighted by Gasteiger charge is -2.37. The van der Waals surface area contributed by atoms with E-state index in [4.69, 9.17) is 9.73 Å². The summed E-state index contributed by atoms with van der Waals surface area (Å²) in [7, 11) is 0. The summed E-state index contributed by atoms with van der Waals surface area (Å²) in [6.07, 6.45) is 2.17. The number of amidine groups is 1. The largest absolute Gasteiger partial charge is 0.459 e. The molecule has 7 heteroatoms. The van der Waals surface area contributed by atoms with Crippen LogP contribution in [-0.2, 0) is 14.3 Å². The van der Waals surface area contributed by atoms with Gasteiger partial charge in [-0.25, -0.2) is 9.79 Å². The minimum Gasteiger partial charge on any atom is -0.459 e. The fourth-order valence-electron chi connectivity index (χ4n) is 4.59. The SMILES string of the molecule is CC1=C(C(=O)OC(C)C)[C@@H](c2cccc(C)c2)N2C(CC(=O)N3CCC(C)CC3)=CSC2=N1. The average Bonchev–Trinajstić information content (AvgIpc) is 3.14. The topological polar surface area (TPSA) is 62.2 Å². The maximum Gasteiger partial charge on any atom is 0.338 e. The van der Waals surface area contributed by atoms with E-state index in [1.807, 2.05) is 56.2 Å². The van der Waals surface area contributed by atoms with Crippen molar-refractivity contribution in [2.45, 2.75) is 66.0 Å². The molecule has 3 aliphatic heterocycles. The average molecular weight is 468 g/mol. The van der Waals surface area contributed by atoms with Gasteiger partial charge in [-0.15, -0.1) is 0 Å². The molecule has 6 nitrogen and oxygen atoms in total. The van der Waals surface area contributed by atoms with Gasteiger partial charge in [-0.05, 0) is 57.4 Å². The maximum atomic E-state index is 13.2. The Balaban J connectivity index is 1.67. The number of aryl methyl sites for hydroxylation is 1. The normalized spacial score (nSPS) is 21.2. The number of rotatable bonds is 5. The Morgan fingerprint density at radius 2 is 1.94 bits per heavy atom. The summed E-state index contributed by atoms with van der Waals surface area (Å²) in [5.41, 5.74) is 4.19. The molecule has 1 saturated heterocycles. The van der Waals surface area contributed by atoms with E-state index >= 15 is 0 Å². The number of likely N-dealkylation sites (tertiary alicyclic amines) is 1. The van der Waals surface area contributed by atoms with Crippen molar-refractivity contribution in [2.75, 3.05) is 13.1 Å². The van der Waals surface area contributed by atoms with Crippen molar-refractivity contribution in [3.8, 4) is 0 Å². The Kier molecular flexibility index (Phi) is 6.98. The van der Waals surface area contributed by atoms with Gasteiger partial charge in [-0.3, -0.25) is 4.79 Å². The highest BCUT2D eigenvalue weighted by molar-refractivity contribution is 8.16. The first-order valence-electron chi connectivity index (χ1n) is 11.7. The molecule has 0 radical (unpaired) electrons. The third-order valence-corrected chi connectivity index (χ3v) is 7.28. The zero-order chi connectivity index (χ0) is 23.7. The van der Waals surface area contributed by atoms with Crippen molar-refractivity contribution in [3.63, 3.8) is 0 Å². The summed E-state index contributed by atoms with van der Waals surface area (Å²) in [4.78, 5) is 35.1. The van der Waals surface area contributed by atoms with Crippen molar-refractivity contribution in [1.29, 1.82) is 0 Å². The summed E-state index contributed by atoms with van der Waals surface area (Å²) in [5.74, 6) is 0.449. The standard InChI is InChI=1S/C26H33N3O3S/c1-16(2)32-25(31)23-19(5)27-26-29(24(23)20-8-6-7-18(4)13-20)21(15-33-26)14-22(30)28-11-9-17(3)10-12-28/h6-8,13,15-17,24H,9-12,14H2,1-5H3/t24-/m1/s1. The van der Waals surface area contributed by atoms with E-state index in [1.54, 1.807) is 0 Å². The Bertz CT molecular complexity index is 1030. The van der Waals surface area contributed by atoms with Crippen LogP contribution in [0.25, 0.3) is 0 Å². The van der Waals surface area contributed by atoms with Crippen LogP contribution in [-0.4, -0.2) is 46.0 Å². The Labute approximate surface area is 200 Å².